The quantitative estimate of drug-likeness (QED) is 0.573. The van der Waals surface area contributed by atoms with Crippen molar-refractivity contribution in [1.82, 2.24) is 4.90 Å². The monoisotopic (exact) mass is 169 g/mol. The minimum Gasteiger partial charge on any atom is -0.463 e. The first-order chi connectivity index (χ1) is 5.65. The van der Waals surface area contributed by atoms with Crippen LogP contribution in [0.25, 0.3) is 0 Å². The van der Waals surface area contributed by atoms with E-state index in [2.05, 4.69) is 11.8 Å². The summed E-state index contributed by atoms with van der Waals surface area (Å²) in [6.07, 6.45) is 1.96. The Morgan fingerprint density at radius 2 is 2.50 bits per heavy atom. The molecule has 12 heavy (non-hydrogen) atoms. The third-order valence-corrected chi connectivity index (χ3v) is 2.10. The van der Waals surface area contributed by atoms with Crippen LogP contribution < -0.4 is 0 Å². The number of ether oxygens (including phenoxy) is 1. The Labute approximate surface area is 73.0 Å². The third-order valence-electron chi connectivity index (χ3n) is 2.10. The van der Waals surface area contributed by atoms with E-state index in [-0.39, 0.29) is 5.97 Å². The van der Waals surface area contributed by atoms with Gasteiger partial charge in [-0.2, -0.15) is 0 Å². The van der Waals surface area contributed by atoms with Crippen molar-refractivity contribution in [3.8, 4) is 0 Å². The van der Waals surface area contributed by atoms with Gasteiger partial charge in [-0.15, -0.1) is 0 Å². The Kier molecular flexibility index (Phi) is 2.87. The number of nitrogens with zero attached hydrogens (tertiary/aromatic N) is 1. The van der Waals surface area contributed by atoms with Crippen molar-refractivity contribution < 1.29 is 9.53 Å². The Hall–Kier alpha value is -0.830. The number of carbonyl (C=O) groups excluding carboxylic acids is 1. The van der Waals surface area contributed by atoms with Crippen LogP contribution in [-0.2, 0) is 9.53 Å². The number of hydrogen-bond acceptors (Lipinski definition) is 3. The second-order valence-electron chi connectivity index (χ2n) is 3.07. The van der Waals surface area contributed by atoms with Gasteiger partial charge >= 0.3 is 5.97 Å². The summed E-state index contributed by atoms with van der Waals surface area (Å²) >= 11 is 0. The van der Waals surface area contributed by atoms with E-state index in [9.17, 15) is 4.79 Å². The van der Waals surface area contributed by atoms with Gasteiger partial charge in [0.05, 0.1) is 6.61 Å². The molecule has 0 unspecified atom stereocenters. The van der Waals surface area contributed by atoms with E-state index in [4.69, 9.17) is 4.74 Å². The Morgan fingerprint density at radius 3 is 2.92 bits per heavy atom. The van der Waals surface area contributed by atoms with Crippen molar-refractivity contribution in [3.63, 3.8) is 0 Å². The molecule has 0 radical (unpaired) electrons. The lowest BCUT2D eigenvalue weighted by atomic mass is 10.2. The number of esters is 1. The Morgan fingerprint density at radius 1 is 1.83 bits per heavy atom. The van der Waals surface area contributed by atoms with Crippen LogP contribution in [0.5, 0.6) is 0 Å². The Bertz CT molecular complexity index is 211. The lowest BCUT2D eigenvalue weighted by molar-refractivity contribution is -0.138. The van der Waals surface area contributed by atoms with Gasteiger partial charge in [-0.05, 0) is 20.9 Å². The van der Waals surface area contributed by atoms with Gasteiger partial charge in [0, 0.05) is 18.2 Å². The summed E-state index contributed by atoms with van der Waals surface area (Å²) in [6.45, 7) is 5.04. The molecule has 0 fully saturated rings. The highest BCUT2D eigenvalue weighted by Crippen LogP contribution is 2.14. The SMILES string of the molecule is CCOC(=O)C1=C[C@H](C)N(C)C1. The molecule has 0 aromatic carbocycles. The average molecular weight is 169 g/mol. The molecule has 0 aromatic heterocycles. The maximum atomic E-state index is 11.2. The van der Waals surface area contributed by atoms with E-state index in [1.165, 1.54) is 0 Å². The fraction of sp³-hybridized carbons (Fsp3) is 0.667. The number of likely N-dealkylation sites (N-methyl/N-ethyl adjacent to an activating group) is 1. The lowest BCUT2D eigenvalue weighted by Crippen LogP contribution is -2.23. The van der Waals surface area contributed by atoms with Crippen molar-refractivity contribution in [1.29, 1.82) is 0 Å². The fourth-order valence-electron chi connectivity index (χ4n) is 1.24. The molecule has 1 aliphatic heterocycles. The predicted octanol–water partition coefficient (Wildman–Crippen LogP) is 0.810. The summed E-state index contributed by atoms with van der Waals surface area (Å²) in [4.78, 5) is 13.3. The molecule has 0 aliphatic carbocycles. The van der Waals surface area contributed by atoms with Gasteiger partial charge in [-0.3, -0.25) is 4.90 Å². The molecule has 0 N–H and O–H groups in total. The van der Waals surface area contributed by atoms with E-state index >= 15 is 0 Å². The normalized spacial score (nSPS) is 23.9. The molecule has 0 saturated carbocycles. The minimum atomic E-state index is -0.172. The van der Waals surface area contributed by atoms with E-state index < -0.39 is 0 Å². The predicted molar refractivity (Wildman–Crippen MR) is 46.8 cm³/mol. The zero-order valence-corrected chi connectivity index (χ0v) is 7.83. The molecule has 1 atom stereocenters. The van der Waals surface area contributed by atoms with Gasteiger partial charge < -0.3 is 4.74 Å². The first-order valence-electron chi connectivity index (χ1n) is 4.23. The third kappa shape index (κ3) is 1.85. The van der Waals surface area contributed by atoms with Crippen LogP contribution in [0.1, 0.15) is 13.8 Å². The lowest BCUT2D eigenvalue weighted by Gasteiger charge is -2.13. The molecule has 68 valence electrons. The molecule has 0 saturated heterocycles. The number of hydrogen-bond donors (Lipinski definition) is 0. The molecule has 0 bridgehead atoms. The Balaban J connectivity index is 2.55. The largest absolute Gasteiger partial charge is 0.463 e. The summed E-state index contributed by atoms with van der Waals surface area (Å²) in [5.74, 6) is -0.172. The average Bonchev–Trinajstić information content (AvgIpc) is 2.33. The molecule has 1 heterocycles. The van der Waals surface area contributed by atoms with E-state index in [0.29, 0.717) is 19.2 Å². The summed E-state index contributed by atoms with van der Waals surface area (Å²) in [6, 6.07) is 0.351. The van der Waals surface area contributed by atoms with E-state index in [1.54, 1.807) is 0 Å². The van der Waals surface area contributed by atoms with Crippen molar-refractivity contribution in [3.05, 3.63) is 11.6 Å². The molecular formula is C9H15NO2. The van der Waals surface area contributed by atoms with Crippen molar-refractivity contribution in [2.75, 3.05) is 20.2 Å². The molecule has 0 aromatic rings. The summed E-state index contributed by atoms with van der Waals surface area (Å²) in [5, 5.41) is 0. The van der Waals surface area contributed by atoms with Gasteiger partial charge in [0.25, 0.3) is 0 Å². The van der Waals surface area contributed by atoms with E-state index in [1.807, 2.05) is 20.0 Å². The van der Waals surface area contributed by atoms with Crippen LogP contribution >= 0.6 is 0 Å². The van der Waals surface area contributed by atoms with Crippen LogP contribution in [0.4, 0.5) is 0 Å². The molecule has 1 rings (SSSR count). The topological polar surface area (TPSA) is 29.5 Å². The van der Waals surface area contributed by atoms with Crippen molar-refractivity contribution >= 4 is 5.97 Å². The van der Waals surface area contributed by atoms with Crippen LogP contribution in [0.15, 0.2) is 11.6 Å². The fourth-order valence-corrected chi connectivity index (χ4v) is 1.24. The van der Waals surface area contributed by atoms with Gasteiger partial charge in [0.2, 0.25) is 0 Å². The molecule has 0 amide bonds. The molecular weight excluding hydrogens is 154 g/mol. The first kappa shape index (κ1) is 9.26. The van der Waals surface area contributed by atoms with Gasteiger partial charge in [-0.1, -0.05) is 6.08 Å². The standard InChI is InChI=1S/C9H15NO2/c1-4-12-9(11)8-5-7(2)10(3)6-8/h5,7H,4,6H2,1-3H3/t7-/m0/s1. The highest BCUT2D eigenvalue weighted by Gasteiger charge is 2.22. The highest BCUT2D eigenvalue weighted by molar-refractivity contribution is 5.89. The van der Waals surface area contributed by atoms with Crippen molar-refractivity contribution in [2.24, 2.45) is 0 Å². The van der Waals surface area contributed by atoms with Crippen molar-refractivity contribution in [2.45, 2.75) is 19.9 Å². The van der Waals surface area contributed by atoms with Crippen LogP contribution in [0.2, 0.25) is 0 Å². The molecule has 1 aliphatic rings. The van der Waals surface area contributed by atoms with Crippen LogP contribution in [-0.4, -0.2) is 37.1 Å². The maximum Gasteiger partial charge on any atom is 0.335 e. The zero-order valence-electron chi connectivity index (χ0n) is 7.83. The van der Waals surface area contributed by atoms with Crippen LogP contribution in [0, 0.1) is 0 Å². The summed E-state index contributed by atoms with van der Waals surface area (Å²) in [7, 11) is 1.99. The molecule has 0 spiro atoms. The second kappa shape index (κ2) is 3.72. The first-order valence-corrected chi connectivity index (χ1v) is 4.23. The van der Waals surface area contributed by atoms with Gasteiger partial charge in [0.1, 0.15) is 0 Å². The zero-order chi connectivity index (χ0) is 9.14. The van der Waals surface area contributed by atoms with Gasteiger partial charge in [-0.25, -0.2) is 4.79 Å². The number of rotatable bonds is 2. The van der Waals surface area contributed by atoms with Gasteiger partial charge in [0.15, 0.2) is 0 Å². The van der Waals surface area contributed by atoms with E-state index in [0.717, 1.165) is 5.57 Å². The molecule has 3 nitrogen and oxygen atoms in total. The summed E-state index contributed by atoms with van der Waals surface area (Å²) < 4.78 is 4.89. The second-order valence-corrected chi connectivity index (χ2v) is 3.07. The maximum absolute atomic E-state index is 11.2. The highest BCUT2D eigenvalue weighted by atomic mass is 16.5. The smallest absolute Gasteiger partial charge is 0.335 e. The minimum absolute atomic E-state index is 0.172. The number of carbonyl (C=O) groups is 1. The molecule has 3 heteroatoms. The van der Waals surface area contributed by atoms with Crippen LogP contribution in [0.3, 0.4) is 0 Å². The summed E-state index contributed by atoms with van der Waals surface area (Å²) in [5.41, 5.74) is 0.784.